The number of hydrogen-bond donors (Lipinski definition) is 0. The number of aromatic nitrogens is 4. The molecule has 2 heterocycles. The van der Waals surface area contributed by atoms with E-state index in [9.17, 15) is 0 Å². The van der Waals surface area contributed by atoms with E-state index in [-0.39, 0.29) is 0 Å². The van der Waals surface area contributed by atoms with Crippen molar-refractivity contribution in [2.45, 2.75) is 0 Å². The van der Waals surface area contributed by atoms with E-state index in [1.165, 1.54) is 4.52 Å². The maximum Gasteiger partial charge on any atom is 0.253 e. The molecule has 0 aliphatic heterocycles. The Balaban J connectivity index is 2.82. The number of nitrogens with zero attached hydrogens (tertiary/aromatic N) is 4. The summed E-state index contributed by atoms with van der Waals surface area (Å²) in [4.78, 5) is 8.01. The summed E-state index contributed by atoms with van der Waals surface area (Å²) < 4.78 is 2.34. The molecule has 0 saturated heterocycles. The fourth-order valence-corrected chi connectivity index (χ4v) is 1.24. The lowest BCUT2D eigenvalue weighted by Crippen LogP contribution is -1.93. The second-order valence-corrected chi connectivity index (χ2v) is 3.38. The van der Waals surface area contributed by atoms with Crippen LogP contribution < -0.4 is 0 Å². The first-order valence-electron chi connectivity index (χ1n) is 2.79. The number of fused-ring (bicyclic) bond motifs is 1. The van der Waals surface area contributed by atoms with Gasteiger partial charge in [0, 0.05) is 0 Å². The molecule has 2 rings (SSSR count). The standard InChI is InChI=1S/C5H2ClIN4/c6-3-2-11-5(9-3)10-4(7)1-8-11/h1-2H. The molecule has 0 fully saturated rings. The zero-order valence-corrected chi connectivity index (χ0v) is 8.11. The van der Waals surface area contributed by atoms with Crippen LogP contribution in [0.4, 0.5) is 0 Å². The molecular formula is C5H2ClIN4. The Hall–Kier alpha value is -0.430. The first kappa shape index (κ1) is 7.23. The van der Waals surface area contributed by atoms with Gasteiger partial charge in [-0.3, -0.25) is 0 Å². The van der Waals surface area contributed by atoms with Crippen LogP contribution in [0.25, 0.3) is 5.78 Å². The van der Waals surface area contributed by atoms with Gasteiger partial charge in [-0.15, -0.1) is 0 Å². The van der Waals surface area contributed by atoms with E-state index >= 15 is 0 Å². The summed E-state index contributed by atoms with van der Waals surface area (Å²) in [6.45, 7) is 0. The number of halogens is 2. The number of rotatable bonds is 0. The highest BCUT2D eigenvalue weighted by Gasteiger charge is 2.00. The molecule has 6 heteroatoms. The maximum absolute atomic E-state index is 5.62. The van der Waals surface area contributed by atoms with Crippen LogP contribution in [-0.4, -0.2) is 19.6 Å². The van der Waals surface area contributed by atoms with E-state index < -0.39 is 0 Å². The fourth-order valence-electron chi connectivity index (χ4n) is 0.730. The molecule has 0 spiro atoms. The van der Waals surface area contributed by atoms with Crippen molar-refractivity contribution >= 4 is 40.0 Å². The van der Waals surface area contributed by atoms with Crippen molar-refractivity contribution in [3.63, 3.8) is 0 Å². The van der Waals surface area contributed by atoms with Gasteiger partial charge in [-0.25, -0.2) is 9.50 Å². The topological polar surface area (TPSA) is 43.1 Å². The summed E-state index contributed by atoms with van der Waals surface area (Å²) in [5.41, 5.74) is 0. The zero-order valence-electron chi connectivity index (χ0n) is 5.20. The molecule has 0 atom stereocenters. The van der Waals surface area contributed by atoms with Crippen molar-refractivity contribution in [2.24, 2.45) is 0 Å². The molecule has 56 valence electrons. The third-order valence-corrected chi connectivity index (χ3v) is 1.84. The van der Waals surface area contributed by atoms with Crippen LogP contribution in [0.2, 0.25) is 5.15 Å². The largest absolute Gasteiger partial charge is 0.253 e. The van der Waals surface area contributed by atoms with Crippen molar-refractivity contribution in [3.05, 3.63) is 21.2 Å². The van der Waals surface area contributed by atoms with Crippen molar-refractivity contribution in [3.8, 4) is 0 Å². The Bertz CT molecular complexity index is 398. The van der Waals surface area contributed by atoms with E-state index in [4.69, 9.17) is 11.6 Å². The number of imidazole rings is 1. The molecule has 2 aromatic heterocycles. The zero-order chi connectivity index (χ0) is 7.84. The summed E-state index contributed by atoms with van der Waals surface area (Å²) in [6.07, 6.45) is 3.26. The van der Waals surface area contributed by atoms with Crippen LogP contribution in [0.1, 0.15) is 0 Å². The third kappa shape index (κ3) is 1.30. The minimum Gasteiger partial charge on any atom is -0.203 e. The van der Waals surface area contributed by atoms with Gasteiger partial charge in [0.15, 0.2) is 5.15 Å². The molecule has 0 unspecified atom stereocenters. The summed E-state index contributed by atoms with van der Waals surface area (Å²) in [5, 5.41) is 4.41. The van der Waals surface area contributed by atoms with Gasteiger partial charge in [0.1, 0.15) is 3.70 Å². The highest BCUT2D eigenvalue weighted by Crippen LogP contribution is 2.07. The first-order chi connectivity index (χ1) is 5.25. The van der Waals surface area contributed by atoms with Crippen LogP contribution in [-0.2, 0) is 0 Å². The molecule has 0 amide bonds. The van der Waals surface area contributed by atoms with Gasteiger partial charge < -0.3 is 0 Å². The van der Waals surface area contributed by atoms with E-state index in [0.717, 1.165) is 3.70 Å². The maximum atomic E-state index is 5.62. The van der Waals surface area contributed by atoms with Crippen LogP contribution in [0.15, 0.2) is 12.4 Å². The van der Waals surface area contributed by atoms with Gasteiger partial charge in [0.2, 0.25) is 0 Å². The van der Waals surface area contributed by atoms with Crippen molar-refractivity contribution in [1.82, 2.24) is 19.6 Å². The molecule has 11 heavy (non-hydrogen) atoms. The quantitative estimate of drug-likeness (QED) is 0.685. The molecule has 0 aliphatic rings. The third-order valence-electron chi connectivity index (χ3n) is 1.14. The average Bonchev–Trinajstić information content (AvgIpc) is 2.27. The van der Waals surface area contributed by atoms with Crippen LogP contribution in [0.5, 0.6) is 0 Å². The Morgan fingerprint density at radius 1 is 1.45 bits per heavy atom. The van der Waals surface area contributed by atoms with Gasteiger partial charge in [-0.1, -0.05) is 11.6 Å². The van der Waals surface area contributed by atoms with Crippen LogP contribution in [0.3, 0.4) is 0 Å². The lowest BCUT2D eigenvalue weighted by Gasteiger charge is -1.88. The Morgan fingerprint density at radius 2 is 2.27 bits per heavy atom. The minimum atomic E-state index is 0.409. The smallest absolute Gasteiger partial charge is 0.203 e. The van der Waals surface area contributed by atoms with Gasteiger partial charge in [-0.05, 0) is 22.6 Å². The van der Waals surface area contributed by atoms with Gasteiger partial charge >= 0.3 is 0 Å². The molecule has 4 nitrogen and oxygen atoms in total. The summed E-state index contributed by atoms with van der Waals surface area (Å²) >= 11 is 7.69. The summed E-state index contributed by atoms with van der Waals surface area (Å²) in [7, 11) is 0. The highest BCUT2D eigenvalue weighted by molar-refractivity contribution is 14.1. The molecular weight excluding hydrogens is 278 g/mol. The summed E-state index contributed by atoms with van der Waals surface area (Å²) in [6, 6.07) is 0. The van der Waals surface area contributed by atoms with E-state index in [0.29, 0.717) is 10.9 Å². The average molecular weight is 280 g/mol. The molecule has 0 aromatic carbocycles. The summed E-state index contributed by atoms with van der Waals surface area (Å²) in [5.74, 6) is 0.530. The molecule has 2 aromatic rings. The van der Waals surface area contributed by atoms with Gasteiger partial charge in [0.25, 0.3) is 5.78 Å². The number of hydrogen-bond acceptors (Lipinski definition) is 3. The molecule has 0 saturated carbocycles. The second kappa shape index (κ2) is 2.56. The van der Waals surface area contributed by atoms with Crippen LogP contribution >= 0.6 is 34.2 Å². The van der Waals surface area contributed by atoms with Gasteiger partial charge in [-0.2, -0.15) is 10.1 Å². The molecule has 0 N–H and O–H groups in total. The Morgan fingerprint density at radius 3 is 3.09 bits per heavy atom. The first-order valence-corrected chi connectivity index (χ1v) is 4.25. The van der Waals surface area contributed by atoms with Crippen molar-refractivity contribution < 1.29 is 0 Å². The molecule has 0 aliphatic carbocycles. The highest BCUT2D eigenvalue weighted by atomic mass is 127. The van der Waals surface area contributed by atoms with Gasteiger partial charge in [0.05, 0.1) is 12.4 Å². The monoisotopic (exact) mass is 280 g/mol. The predicted octanol–water partition coefficient (Wildman–Crippen LogP) is 1.38. The van der Waals surface area contributed by atoms with E-state index in [1.54, 1.807) is 12.4 Å². The molecule has 0 bridgehead atoms. The van der Waals surface area contributed by atoms with Crippen molar-refractivity contribution in [2.75, 3.05) is 0 Å². The Kier molecular flexibility index (Phi) is 1.68. The predicted molar refractivity (Wildman–Crippen MR) is 48.5 cm³/mol. The van der Waals surface area contributed by atoms with Crippen molar-refractivity contribution in [1.29, 1.82) is 0 Å². The molecule has 0 radical (unpaired) electrons. The lowest BCUT2D eigenvalue weighted by atomic mass is 10.9. The minimum absolute atomic E-state index is 0.409. The second-order valence-electron chi connectivity index (χ2n) is 1.89. The van der Waals surface area contributed by atoms with E-state index in [1.807, 2.05) is 0 Å². The van der Waals surface area contributed by atoms with E-state index in [2.05, 4.69) is 37.7 Å². The SMILES string of the molecule is Clc1cn2ncc(I)nc2n1. The Labute approximate surface area is 80.7 Å². The lowest BCUT2D eigenvalue weighted by molar-refractivity contribution is 0.891. The normalized spacial score (nSPS) is 10.7. The van der Waals surface area contributed by atoms with Crippen LogP contribution in [0, 0.1) is 3.70 Å². The fraction of sp³-hybridized carbons (Fsp3) is 0.